The van der Waals surface area contributed by atoms with Crippen LogP contribution in [0.5, 0.6) is 5.75 Å². The number of anilines is 1. The van der Waals surface area contributed by atoms with Crippen molar-refractivity contribution in [1.29, 1.82) is 0 Å². The van der Waals surface area contributed by atoms with Gasteiger partial charge in [-0.25, -0.2) is 9.37 Å². The van der Waals surface area contributed by atoms with Gasteiger partial charge in [0, 0.05) is 18.8 Å². The minimum absolute atomic E-state index is 0.273. The third-order valence-corrected chi connectivity index (χ3v) is 4.92. The monoisotopic (exact) mass is 368 g/mol. The van der Waals surface area contributed by atoms with Crippen LogP contribution in [0.15, 0.2) is 41.1 Å². The van der Waals surface area contributed by atoms with Gasteiger partial charge < -0.3 is 14.2 Å². The first-order valence-electron chi connectivity index (χ1n) is 9.06. The van der Waals surface area contributed by atoms with E-state index in [2.05, 4.69) is 26.9 Å². The van der Waals surface area contributed by atoms with Crippen LogP contribution in [0.1, 0.15) is 26.2 Å². The molecule has 1 unspecified atom stereocenters. The summed E-state index contributed by atoms with van der Waals surface area (Å²) in [4.78, 5) is 11.3. The number of halogens is 1. The maximum atomic E-state index is 13.6. The van der Waals surface area contributed by atoms with Crippen molar-refractivity contribution in [3.05, 3.63) is 42.3 Å². The van der Waals surface area contributed by atoms with Crippen molar-refractivity contribution in [2.75, 3.05) is 18.6 Å². The van der Waals surface area contributed by atoms with Gasteiger partial charge in [-0.1, -0.05) is 5.16 Å². The first kappa shape index (κ1) is 17.5. The van der Waals surface area contributed by atoms with E-state index in [0.717, 1.165) is 17.9 Å². The molecule has 7 heteroatoms. The highest BCUT2D eigenvalue weighted by atomic mass is 19.1. The molecule has 1 atom stereocenters. The van der Waals surface area contributed by atoms with Gasteiger partial charge in [-0.15, -0.1) is 0 Å². The van der Waals surface area contributed by atoms with Crippen LogP contribution < -0.4 is 9.64 Å². The molecule has 3 aromatic rings. The van der Waals surface area contributed by atoms with E-state index in [1.807, 2.05) is 12.1 Å². The Kier molecular flexibility index (Phi) is 4.75. The zero-order valence-corrected chi connectivity index (χ0v) is 15.4. The van der Waals surface area contributed by atoms with Gasteiger partial charge >= 0.3 is 0 Å². The molecular weight excluding hydrogens is 347 g/mol. The molecule has 1 aliphatic rings. The summed E-state index contributed by atoms with van der Waals surface area (Å²) in [6, 6.07) is 8.58. The molecule has 3 heterocycles. The lowest BCUT2D eigenvalue weighted by Crippen LogP contribution is -2.37. The number of hydrogen-bond donors (Lipinski definition) is 0. The number of pyridine rings is 1. The molecule has 1 aliphatic heterocycles. The van der Waals surface area contributed by atoms with Gasteiger partial charge in [0.2, 0.25) is 5.82 Å². The molecule has 0 saturated carbocycles. The number of rotatable bonds is 4. The van der Waals surface area contributed by atoms with Crippen LogP contribution in [-0.4, -0.2) is 34.8 Å². The SMILES string of the molecule is COc1ccc(F)cc1-c1noc(-c2ccc(N3CCCCC3C)nc2)n1. The van der Waals surface area contributed by atoms with E-state index in [0.29, 0.717) is 23.2 Å². The molecule has 6 nitrogen and oxygen atoms in total. The Labute approximate surface area is 157 Å². The average molecular weight is 368 g/mol. The number of benzene rings is 1. The Morgan fingerprint density at radius 3 is 2.85 bits per heavy atom. The molecule has 2 aromatic heterocycles. The Balaban J connectivity index is 1.59. The summed E-state index contributed by atoms with van der Waals surface area (Å²) in [5.74, 6) is 1.66. The van der Waals surface area contributed by atoms with E-state index >= 15 is 0 Å². The number of ether oxygens (including phenoxy) is 1. The molecular formula is C20H21FN4O2. The van der Waals surface area contributed by atoms with Gasteiger partial charge in [0.1, 0.15) is 17.4 Å². The summed E-state index contributed by atoms with van der Waals surface area (Å²) < 4.78 is 24.2. The molecule has 1 saturated heterocycles. The molecule has 0 aliphatic carbocycles. The molecule has 1 aromatic carbocycles. The van der Waals surface area contributed by atoms with Crippen molar-refractivity contribution < 1.29 is 13.7 Å². The van der Waals surface area contributed by atoms with Gasteiger partial charge in [-0.3, -0.25) is 0 Å². The molecule has 1 fully saturated rings. The minimum atomic E-state index is -0.390. The zero-order chi connectivity index (χ0) is 18.8. The van der Waals surface area contributed by atoms with Crippen LogP contribution in [0.4, 0.5) is 10.2 Å². The smallest absolute Gasteiger partial charge is 0.259 e. The summed E-state index contributed by atoms with van der Waals surface area (Å²) in [5, 5.41) is 3.97. The number of piperidine rings is 1. The average Bonchev–Trinajstić information content (AvgIpc) is 3.18. The molecule has 0 spiro atoms. The van der Waals surface area contributed by atoms with E-state index in [1.54, 1.807) is 6.20 Å². The predicted octanol–water partition coefficient (Wildman–Crippen LogP) is 4.33. The van der Waals surface area contributed by atoms with Gasteiger partial charge in [0.25, 0.3) is 5.89 Å². The van der Waals surface area contributed by atoms with Crippen molar-refractivity contribution in [3.63, 3.8) is 0 Å². The van der Waals surface area contributed by atoms with E-state index in [-0.39, 0.29) is 11.6 Å². The summed E-state index contributed by atoms with van der Waals surface area (Å²) in [7, 11) is 1.52. The standard InChI is InChI=1S/C20H21FN4O2/c1-13-5-3-4-10-25(13)18-9-6-14(12-22-18)20-23-19(24-27-20)16-11-15(21)7-8-17(16)26-2/h6-9,11-13H,3-5,10H2,1-2H3. The van der Waals surface area contributed by atoms with Gasteiger partial charge in [-0.2, -0.15) is 4.98 Å². The van der Waals surface area contributed by atoms with Crippen LogP contribution in [0, 0.1) is 5.82 Å². The Morgan fingerprint density at radius 1 is 1.22 bits per heavy atom. The molecule has 27 heavy (non-hydrogen) atoms. The molecule has 4 rings (SSSR count). The van der Waals surface area contributed by atoms with E-state index in [9.17, 15) is 4.39 Å². The highest BCUT2D eigenvalue weighted by Crippen LogP contribution is 2.31. The van der Waals surface area contributed by atoms with Crippen LogP contribution in [-0.2, 0) is 0 Å². The Bertz CT molecular complexity index is 926. The first-order valence-corrected chi connectivity index (χ1v) is 9.06. The third-order valence-electron chi connectivity index (χ3n) is 4.92. The van der Waals surface area contributed by atoms with Crippen molar-refractivity contribution in [2.45, 2.75) is 32.2 Å². The summed E-state index contributed by atoms with van der Waals surface area (Å²) in [5.41, 5.74) is 1.16. The normalized spacial score (nSPS) is 17.1. The minimum Gasteiger partial charge on any atom is -0.496 e. The van der Waals surface area contributed by atoms with Crippen molar-refractivity contribution >= 4 is 5.82 Å². The third kappa shape index (κ3) is 3.49. The lowest BCUT2D eigenvalue weighted by atomic mass is 10.0. The largest absolute Gasteiger partial charge is 0.496 e. The summed E-state index contributed by atoms with van der Waals surface area (Å²) in [6.45, 7) is 3.25. The van der Waals surface area contributed by atoms with Crippen LogP contribution >= 0.6 is 0 Å². The Hall–Kier alpha value is -2.96. The second-order valence-electron chi connectivity index (χ2n) is 6.71. The van der Waals surface area contributed by atoms with Crippen molar-refractivity contribution in [1.82, 2.24) is 15.1 Å². The molecule has 0 amide bonds. The highest BCUT2D eigenvalue weighted by Gasteiger charge is 2.20. The van der Waals surface area contributed by atoms with Gasteiger partial charge in [-0.05, 0) is 56.5 Å². The Morgan fingerprint density at radius 2 is 2.11 bits per heavy atom. The van der Waals surface area contributed by atoms with E-state index < -0.39 is 0 Å². The fourth-order valence-corrected chi connectivity index (χ4v) is 3.43. The number of hydrogen-bond acceptors (Lipinski definition) is 6. The second-order valence-corrected chi connectivity index (χ2v) is 6.71. The maximum absolute atomic E-state index is 13.6. The molecule has 0 bridgehead atoms. The van der Waals surface area contributed by atoms with E-state index in [1.165, 1.54) is 44.6 Å². The van der Waals surface area contributed by atoms with Crippen molar-refractivity contribution in [3.8, 4) is 28.6 Å². The van der Waals surface area contributed by atoms with E-state index in [4.69, 9.17) is 9.26 Å². The number of nitrogens with zero attached hydrogens (tertiary/aromatic N) is 4. The van der Waals surface area contributed by atoms with Crippen LogP contribution in [0.2, 0.25) is 0 Å². The quantitative estimate of drug-likeness (QED) is 0.683. The molecule has 140 valence electrons. The fraction of sp³-hybridized carbons (Fsp3) is 0.350. The first-order chi connectivity index (χ1) is 13.2. The second kappa shape index (κ2) is 7.34. The lowest BCUT2D eigenvalue weighted by Gasteiger charge is -2.34. The maximum Gasteiger partial charge on any atom is 0.259 e. The zero-order valence-electron chi connectivity index (χ0n) is 15.4. The summed E-state index contributed by atoms with van der Waals surface area (Å²) >= 11 is 0. The summed E-state index contributed by atoms with van der Waals surface area (Å²) in [6.07, 6.45) is 5.38. The van der Waals surface area contributed by atoms with Crippen molar-refractivity contribution in [2.24, 2.45) is 0 Å². The topological polar surface area (TPSA) is 64.3 Å². The molecule has 0 N–H and O–H groups in total. The van der Waals surface area contributed by atoms with Gasteiger partial charge in [0.05, 0.1) is 18.2 Å². The predicted molar refractivity (Wildman–Crippen MR) is 100 cm³/mol. The number of methoxy groups -OCH3 is 1. The van der Waals surface area contributed by atoms with Crippen LogP contribution in [0.3, 0.4) is 0 Å². The number of aromatic nitrogens is 3. The fourth-order valence-electron chi connectivity index (χ4n) is 3.43. The highest BCUT2D eigenvalue weighted by molar-refractivity contribution is 5.66. The van der Waals surface area contributed by atoms with Crippen LogP contribution in [0.25, 0.3) is 22.8 Å². The molecule has 0 radical (unpaired) electrons. The van der Waals surface area contributed by atoms with Gasteiger partial charge in [0.15, 0.2) is 0 Å². The lowest BCUT2D eigenvalue weighted by molar-refractivity contribution is 0.412.